The molecule has 0 heterocycles. The number of nitrogens with one attached hydrogen (secondary N) is 2. The van der Waals surface area contributed by atoms with Gasteiger partial charge in [0.2, 0.25) is 0 Å². The van der Waals surface area contributed by atoms with Crippen LogP contribution in [0.1, 0.15) is 13.3 Å². The number of likely N-dealkylation sites (N-methyl/N-ethyl adjacent to an activating group) is 1. The topological polar surface area (TPSA) is 83.0 Å². The Balaban J connectivity index is 0. The molecule has 0 aromatic rings. The number of nitrogens with zero attached hydrogens (tertiary/aromatic N) is 2. The number of hydrogen-bond acceptors (Lipinski definition) is 5. The van der Waals surface area contributed by atoms with Crippen LogP contribution < -0.4 is 10.6 Å². The van der Waals surface area contributed by atoms with Gasteiger partial charge >= 0.3 is 0 Å². The number of rotatable bonds is 11. The molecule has 0 aliphatic heterocycles. The fourth-order valence-electron chi connectivity index (χ4n) is 1.65. The van der Waals surface area contributed by atoms with Crippen LogP contribution in [0.3, 0.4) is 0 Å². The van der Waals surface area contributed by atoms with Crippen LogP contribution in [0.25, 0.3) is 0 Å². The summed E-state index contributed by atoms with van der Waals surface area (Å²) in [7, 11) is 2.50. The number of halogens is 1. The molecule has 0 atom stereocenters. The van der Waals surface area contributed by atoms with Crippen LogP contribution >= 0.6 is 24.0 Å². The highest BCUT2D eigenvalue weighted by Gasteiger charge is 2.07. The molecule has 134 valence electrons. The molecule has 9 heteroatoms. The largest absolute Gasteiger partial charge is 0.385 e. The predicted molar refractivity (Wildman–Crippen MR) is 103 cm³/mol. The minimum Gasteiger partial charge on any atom is -0.385 e. The van der Waals surface area contributed by atoms with Gasteiger partial charge in [0.05, 0.1) is 5.75 Å². The third-order valence-electron chi connectivity index (χ3n) is 3.04. The fourth-order valence-corrected chi connectivity index (χ4v) is 2.35. The second-order valence-corrected chi connectivity index (χ2v) is 7.28. The van der Waals surface area contributed by atoms with Crippen molar-refractivity contribution in [3.8, 4) is 0 Å². The Kier molecular flexibility index (Phi) is 15.9. The van der Waals surface area contributed by atoms with Crippen molar-refractivity contribution in [2.75, 3.05) is 65.5 Å². The van der Waals surface area contributed by atoms with Crippen molar-refractivity contribution in [3.63, 3.8) is 0 Å². The molecular formula is C13H31IN4O3S. The Bertz CT molecular complexity index is 391. The minimum atomic E-state index is -2.94. The lowest BCUT2D eigenvalue weighted by molar-refractivity contribution is 0.180. The third-order valence-corrected chi connectivity index (χ3v) is 4.75. The van der Waals surface area contributed by atoms with Crippen LogP contribution in [0, 0.1) is 0 Å². The Hall–Kier alpha value is -0.130. The van der Waals surface area contributed by atoms with Crippen LogP contribution in [-0.4, -0.2) is 84.8 Å². The van der Waals surface area contributed by atoms with E-state index in [1.165, 1.54) is 0 Å². The van der Waals surface area contributed by atoms with E-state index in [-0.39, 0.29) is 35.5 Å². The Labute approximate surface area is 152 Å². The predicted octanol–water partition coefficient (Wildman–Crippen LogP) is 0.172. The van der Waals surface area contributed by atoms with Gasteiger partial charge in [-0.15, -0.1) is 24.0 Å². The molecule has 0 aliphatic carbocycles. The fraction of sp³-hybridized carbons (Fsp3) is 0.923. The summed E-state index contributed by atoms with van der Waals surface area (Å²) < 4.78 is 27.8. The standard InChI is InChI=1S/C13H30N4O3S.HI/c1-5-21(18,19)12-8-16-13(14-2)15-7-10-17(3)9-6-11-20-4;/h5-12H2,1-4H3,(H2,14,15,16);1H. The molecule has 0 fully saturated rings. The highest BCUT2D eigenvalue weighted by molar-refractivity contribution is 14.0. The van der Waals surface area contributed by atoms with Gasteiger partial charge in [-0.05, 0) is 13.5 Å². The maximum atomic E-state index is 11.4. The quantitative estimate of drug-likeness (QED) is 0.202. The molecule has 0 saturated carbocycles. The van der Waals surface area contributed by atoms with Gasteiger partial charge in [0.15, 0.2) is 15.8 Å². The molecule has 0 aliphatic rings. The van der Waals surface area contributed by atoms with Gasteiger partial charge < -0.3 is 20.3 Å². The first-order valence-electron chi connectivity index (χ1n) is 7.27. The SMILES string of the molecule is CCS(=O)(=O)CCNC(=NC)NCCN(C)CCCOC.I. The van der Waals surface area contributed by atoms with Gasteiger partial charge in [0.1, 0.15) is 0 Å². The van der Waals surface area contributed by atoms with Gasteiger partial charge in [-0.2, -0.15) is 0 Å². The van der Waals surface area contributed by atoms with Gasteiger partial charge in [0, 0.05) is 52.7 Å². The van der Waals surface area contributed by atoms with E-state index in [1.807, 2.05) is 0 Å². The third kappa shape index (κ3) is 13.5. The number of ether oxygens (including phenoxy) is 1. The first-order chi connectivity index (χ1) is 9.95. The zero-order valence-corrected chi connectivity index (χ0v) is 17.2. The van der Waals surface area contributed by atoms with Gasteiger partial charge in [-0.1, -0.05) is 6.92 Å². The number of sulfone groups is 1. The molecule has 0 aromatic heterocycles. The van der Waals surface area contributed by atoms with E-state index in [0.29, 0.717) is 12.5 Å². The molecule has 0 aromatic carbocycles. The lowest BCUT2D eigenvalue weighted by Gasteiger charge is -2.18. The van der Waals surface area contributed by atoms with Crippen LogP contribution in [0.15, 0.2) is 4.99 Å². The minimum absolute atomic E-state index is 0. The monoisotopic (exact) mass is 450 g/mol. The zero-order valence-electron chi connectivity index (χ0n) is 14.1. The summed E-state index contributed by atoms with van der Waals surface area (Å²) in [5.41, 5.74) is 0. The lowest BCUT2D eigenvalue weighted by Crippen LogP contribution is -2.42. The van der Waals surface area contributed by atoms with E-state index in [4.69, 9.17) is 4.74 Å². The van der Waals surface area contributed by atoms with Crippen molar-refractivity contribution in [1.82, 2.24) is 15.5 Å². The molecule has 0 rings (SSSR count). The number of aliphatic imine (C=N–C) groups is 1. The molecule has 22 heavy (non-hydrogen) atoms. The van der Waals surface area contributed by atoms with Gasteiger partial charge in [0.25, 0.3) is 0 Å². The highest BCUT2D eigenvalue weighted by atomic mass is 127. The first-order valence-corrected chi connectivity index (χ1v) is 9.09. The first kappa shape index (κ1) is 24.1. The highest BCUT2D eigenvalue weighted by Crippen LogP contribution is 1.88. The smallest absolute Gasteiger partial charge is 0.191 e. The summed E-state index contributed by atoms with van der Waals surface area (Å²) in [5, 5.41) is 6.17. The molecule has 0 saturated heterocycles. The second-order valence-electron chi connectivity index (χ2n) is 4.81. The molecule has 0 bridgehead atoms. The average molecular weight is 450 g/mol. The summed E-state index contributed by atoms with van der Waals surface area (Å²) in [6.45, 7) is 5.42. The van der Waals surface area contributed by atoms with Crippen LogP contribution in [0.4, 0.5) is 0 Å². The van der Waals surface area contributed by atoms with E-state index in [9.17, 15) is 8.42 Å². The lowest BCUT2D eigenvalue weighted by atomic mass is 10.4. The van der Waals surface area contributed by atoms with E-state index in [2.05, 4.69) is 27.6 Å². The van der Waals surface area contributed by atoms with Crippen molar-refractivity contribution in [2.45, 2.75) is 13.3 Å². The summed E-state index contributed by atoms with van der Waals surface area (Å²) in [6, 6.07) is 0. The Morgan fingerprint density at radius 1 is 1.23 bits per heavy atom. The van der Waals surface area contributed by atoms with E-state index >= 15 is 0 Å². The maximum Gasteiger partial charge on any atom is 0.191 e. The molecule has 0 radical (unpaired) electrons. The molecule has 2 N–H and O–H groups in total. The van der Waals surface area contributed by atoms with Crippen LogP contribution in [0.5, 0.6) is 0 Å². The normalized spacial score (nSPS) is 12.1. The second kappa shape index (κ2) is 14.5. The summed E-state index contributed by atoms with van der Waals surface area (Å²) >= 11 is 0. The number of methoxy groups -OCH3 is 1. The van der Waals surface area contributed by atoms with Crippen molar-refractivity contribution >= 4 is 39.8 Å². The van der Waals surface area contributed by atoms with Crippen LogP contribution in [-0.2, 0) is 14.6 Å². The molecule has 0 unspecified atom stereocenters. The molecule has 0 spiro atoms. The molecule has 0 amide bonds. The maximum absolute atomic E-state index is 11.4. The van der Waals surface area contributed by atoms with Crippen molar-refractivity contribution in [1.29, 1.82) is 0 Å². The zero-order chi connectivity index (χ0) is 16.1. The van der Waals surface area contributed by atoms with E-state index < -0.39 is 9.84 Å². The summed E-state index contributed by atoms with van der Waals surface area (Å²) in [4.78, 5) is 6.28. The summed E-state index contributed by atoms with van der Waals surface area (Å²) in [5.74, 6) is 0.931. The van der Waals surface area contributed by atoms with Gasteiger partial charge in [-0.3, -0.25) is 4.99 Å². The van der Waals surface area contributed by atoms with Crippen LogP contribution in [0.2, 0.25) is 0 Å². The van der Waals surface area contributed by atoms with Gasteiger partial charge in [-0.25, -0.2) is 8.42 Å². The number of hydrogen-bond donors (Lipinski definition) is 2. The van der Waals surface area contributed by atoms with E-state index in [1.54, 1.807) is 21.1 Å². The molecular weight excluding hydrogens is 419 g/mol. The average Bonchev–Trinajstić information content (AvgIpc) is 2.45. The van der Waals surface area contributed by atoms with E-state index in [0.717, 1.165) is 32.7 Å². The number of guanidine groups is 1. The Morgan fingerprint density at radius 2 is 1.86 bits per heavy atom. The van der Waals surface area contributed by atoms with Crippen molar-refractivity contribution in [2.24, 2.45) is 4.99 Å². The Morgan fingerprint density at radius 3 is 2.41 bits per heavy atom. The molecule has 7 nitrogen and oxygen atoms in total. The van der Waals surface area contributed by atoms with Crippen molar-refractivity contribution < 1.29 is 13.2 Å². The van der Waals surface area contributed by atoms with Crippen molar-refractivity contribution in [3.05, 3.63) is 0 Å². The summed E-state index contributed by atoms with van der Waals surface area (Å²) in [6.07, 6.45) is 1.01.